The molecule has 1 aromatic carbocycles. The van der Waals surface area contributed by atoms with Gasteiger partial charge in [-0.05, 0) is 57.6 Å². The Morgan fingerprint density at radius 3 is 2.87 bits per heavy atom. The molecule has 0 atom stereocenters. The zero-order chi connectivity index (χ0) is 11.4. The highest BCUT2D eigenvalue weighted by atomic mass is 127. The average molecular weight is 380 g/mol. The molecule has 5 heteroatoms. The fraction of sp³-hybridized carbons (Fsp3) is 0.200. The van der Waals surface area contributed by atoms with Crippen LogP contribution in [0.5, 0.6) is 0 Å². The fourth-order valence-electron chi connectivity index (χ4n) is 1.05. The lowest BCUT2D eigenvalue weighted by Gasteiger charge is -2.07. The van der Waals surface area contributed by atoms with Gasteiger partial charge in [-0.15, -0.1) is 0 Å². The normalized spacial score (nSPS) is 9.47. The Hall–Kier alpha value is -0.610. The zero-order valence-corrected chi connectivity index (χ0v) is 11.6. The van der Waals surface area contributed by atoms with Crippen LogP contribution in [0.15, 0.2) is 16.6 Å². The Kier molecular flexibility index (Phi) is 4.54. The summed E-state index contributed by atoms with van der Waals surface area (Å²) in [5.74, 6) is -0.473. The molecule has 0 aliphatic rings. The molecule has 0 radical (unpaired) electrons. The highest BCUT2D eigenvalue weighted by Gasteiger charge is 2.18. The predicted molar refractivity (Wildman–Crippen MR) is 67.5 cm³/mol. The van der Waals surface area contributed by atoms with Crippen LogP contribution in [0, 0.1) is 14.9 Å². The highest BCUT2D eigenvalue weighted by molar-refractivity contribution is 14.1. The van der Waals surface area contributed by atoms with Crippen molar-refractivity contribution < 1.29 is 9.53 Å². The van der Waals surface area contributed by atoms with Crippen LogP contribution < -0.4 is 0 Å². The number of nitrogens with zero attached hydrogens (tertiary/aromatic N) is 1. The summed E-state index contributed by atoms with van der Waals surface area (Å²) in [4.78, 5) is 11.6. The average Bonchev–Trinajstić information content (AvgIpc) is 2.22. The van der Waals surface area contributed by atoms with Gasteiger partial charge in [-0.25, -0.2) is 4.79 Å². The maximum atomic E-state index is 11.6. The Morgan fingerprint density at radius 2 is 2.33 bits per heavy atom. The van der Waals surface area contributed by atoms with Crippen LogP contribution >= 0.6 is 38.5 Å². The molecule has 0 unspecified atom stereocenters. The second-order valence-electron chi connectivity index (χ2n) is 2.62. The summed E-state index contributed by atoms with van der Waals surface area (Å²) in [6, 6.07) is 5.35. The van der Waals surface area contributed by atoms with E-state index in [1.165, 1.54) is 0 Å². The molecule has 0 spiro atoms. The minimum Gasteiger partial charge on any atom is -0.462 e. The number of nitriles is 1. The van der Waals surface area contributed by atoms with Crippen molar-refractivity contribution in [1.82, 2.24) is 0 Å². The predicted octanol–water partition coefficient (Wildman–Crippen LogP) is 3.10. The van der Waals surface area contributed by atoms with E-state index in [-0.39, 0.29) is 0 Å². The summed E-state index contributed by atoms with van der Waals surface area (Å²) in [6.45, 7) is 2.02. The van der Waals surface area contributed by atoms with Gasteiger partial charge in [0.15, 0.2) is 0 Å². The van der Waals surface area contributed by atoms with Gasteiger partial charge in [-0.3, -0.25) is 0 Å². The maximum absolute atomic E-state index is 11.6. The third-order valence-corrected chi connectivity index (χ3v) is 4.16. The largest absolute Gasteiger partial charge is 0.462 e. The van der Waals surface area contributed by atoms with E-state index in [1.807, 2.05) is 6.07 Å². The molecular formula is C10H7BrINO2. The summed E-state index contributed by atoms with van der Waals surface area (Å²) < 4.78 is 6.36. The summed E-state index contributed by atoms with van der Waals surface area (Å²) in [7, 11) is 0. The van der Waals surface area contributed by atoms with Crippen LogP contribution in [-0.4, -0.2) is 12.6 Å². The second kappa shape index (κ2) is 5.47. The molecule has 0 aliphatic carbocycles. The van der Waals surface area contributed by atoms with Gasteiger partial charge >= 0.3 is 5.97 Å². The van der Waals surface area contributed by atoms with Gasteiger partial charge in [0, 0.05) is 8.04 Å². The zero-order valence-electron chi connectivity index (χ0n) is 7.88. The van der Waals surface area contributed by atoms with Gasteiger partial charge in [0.1, 0.15) is 6.07 Å². The maximum Gasteiger partial charge on any atom is 0.340 e. The summed E-state index contributed by atoms with van der Waals surface area (Å²) in [5, 5.41) is 8.87. The smallest absolute Gasteiger partial charge is 0.340 e. The van der Waals surface area contributed by atoms with Crippen LogP contribution in [-0.2, 0) is 4.74 Å². The van der Waals surface area contributed by atoms with Crippen LogP contribution in [0.2, 0.25) is 0 Å². The number of esters is 1. The molecule has 0 amide bonds. The number of hydrogen-bond acceptors (Lipinski definition) is 3. The van der Waals surface area contributed by atoms with E-state index in [1.54, 1.807) is 19.1 Å². The number of rotatable bonds is 2. The van der Waals surface area contributed by atoms with Gasteiger partial charge in [-0.1, -0.05) is 0 Å². The van der Waals surface area contributed by atoms with Gasteiger partial charge in [0.2, 0.25) is 0 Å². The molecule has 0 aliphatic heterocycles. The van der Waals surface area contributed by atoms with Crippen molar-refractivity contribution in [3.05, 3.63) is 31.3 Å². The molecular weight excluding hydrogens is 373 g/mol. The van der Waals surface area contributed by atoms with E-state index in [2.05, 4.69) is 38.5 Å². The lowest BCUT2D eigenvalue weighted by molar-refractivity contribution is 0.0525. The van der Waals surface area contributed by atoms with E-state index in [4.69, 9.17) is 10.00 Å². The molecule has 0 aromatic heterocycles. The van der Waals surface area contributed by atoms with E-state index in [0.29, 0.717) is 22.2 Å². The number of ether oxygens (including phenoxy) is 1. The number of hydrogen-bond donors (Lipinski definition) is 0. The minimum atomic E-state index is -0.473. The lowest BCUT2D eigenvalue weighted by Crippen LogP contribution is -2.08. The third kappa shape index (κ3) is 2.69. The summed E-state index contributed by atoms with van der Waals surface area (Å²) >= 11 is 5.36. The van der Waals surface area contributed by atoms with Crippen molar-refractivity contribution in [2.24, 2.45) is 0 Å². The minimum absolute atomic E-state index is 0.293. The highest BCUT2D eigenvalue weighted by Crippen LogP contribution is 2.27. The summed E-state index contributed by atoms with van der Waals surface area (Å²) in [6.07, 6.45) is 0. The van der Waals surface area contributed by atoms with E-state index in [9.17, 15) is 4.79 Å². The van der Waals surface area contributed by atoms with E-state index >= 15 is 0 Å². The summed E-state index contributed by atoms with van der Waals surface area (Å²) in [5.41, 5.74) is 0.618. The Balaban J connectivity index is 3.31. The van der Waals surface area contributed by atoms with E-state index in [0.717, 1.165) is 3.57 Å². The van der Waals surface area contributed by atoms with Crippen molar-refractivity contribution in [1.29, 1.82) is 5.26 Å². The first-order valence-corrected chi connectivity index (χ1v) is 6.04. The van der Waals surface area contributed by atoms with Gasteiger partial charge in [-0.2, -0.15) is 5.26 Å². The Morgan fingerprint density at radius 1 is 1.67 bits per heavy atom. The van der Waals surface area contributed by atoms with Gasteiger partial charge < -0.3 is 4.74 Å². The topological polar surface area (TPSA) is 50.1 Å². The molecule has 15 heavy (non-hydrogen) atoms. The van der Waals surface area contributed by atoms with Crippen molar-refractivity contribution >= 4 is 44.5 Å². The molecule has 0 heterocycles. The monoisotopic (exact) mass is 379 g/mol. The SMILES string of the molecule is CCOC(=O)c1c(C#N)ccc(I)c1Br. The molecule has 0 saturated carbocycles. The van der Waals surface area contributed by atoms with Crippen molar-refractivity contribution in [3.8, 4) is 6.07 Å². The van der Waals surface area contributed by atoms with Gasteiger partial charge in [0.25, 0.3) is 0 Å². The van der Waals surface area contributed by atoms with Crippen molar-refractivity contribution in [3.63, 3.8) is 0 Å². The Bertz CT molecular complexity index is 440. The number of carbonyl (C=O) groups excluding carboxylic acids is 1. The van der Waals surface area contributed by atoms with Gasteiger partial charge in [0.05, 0.1) is 17.7 Å². The van der Waals surface area contributed by atoms with Crippen molar-refractivity contribution in [2.75, 3.05) is 6.61 Å². The van der Waals surface area contributed by atoms with Crippen molar-refractivity contribution in [2.45, 2.75) is 6.92 Å². The molecule has 0 bridgehead atoms. The number of halogens is 2. The first kappa shape index (κ1) is 12.5. The molecule has 78 valence electrons. The molecule has 0 N–H and O–H groups in total. The molecule has 1 rings (SSSR count). The molecule has 3 nitrogen and oxygen atoms in total. The van der Waals surface area contributed by atoms with Crippen LogP contribution in [0.3, 0.4) is 0 Å². The molecule has 0 saturated heterocycles. The first-order valence-electron chi connectivity index (χ1n) is 4.17. The number of carbonyl (C=O) groups is 1. The fourth-order valence-corrected chi connectivity index (χ4v) is 2.00. The number of benzene rings is 1. The Labute approximate surface area is 110 Å². The van der Waals surface area contributed by atoms with Crippen LogP contribution in [0.25, 0.3) is 0 Å². The molecule has 0 fully saturated rings. The van der Waals surface area contributed by atoms with E-state index < -0.39 is 5.97 Å². The van der Waals surface area contributed by atoms with Crippen LogP contribution in [0.1, 0.15) is 22.8 Å². The van der Waals surface area contributed by atoms with Crippen LogP contribution in [0.4, 0.5) is 0 Å². The first-order chi connectivity index (χ1) is 7.11. The second-order valence-corrected chi connectivity index (χ2v) is 4.57. The third-order valence-electron chi connectivity index (χ3n) is 1.69. The lowest BCUT2D eigenvalue weighted by atomic mass is 10.1. The molecule has 1 aromatic rings. The standard InChI is InChI=1S/C10H7BrINO2/c1-2-15-10(14)8-6(5-13)3-4-7(12)9(8)11/h3-4H,2H2,1H3. The quantitative estimate of drug-likeness (QED) is 0.586.